The van der Waals surface area contributed by atoms with Gasteiger partial charge < -0.3 is 9.84 Å². The Hall–Kier alpha value is -0.450. The maximum Gasteiger partial charge on any atom is 0.0971 e. The van der Waals surface area contributed by atoms with Gasteiger partial charge in [0.1, 0.15) is 0 Å². The topological polar surface area (TPSA) is 42.4 Å². The van der Waals surface area contributed by atoms with Crippen molar-refractivity contribution in [1.82, 2.24) is 4.98 Å². The SMILES string of the molecule is COCCc1nc2c(s1)CCCC2O. The second-order valence-electron chi connectivity index (χ2n) is 3.57. The fraction of sp³-hybridized carbons (Fsp3) is 0.700. The first kappa shape index (κ1) is 10.1. The van der Waals surface area contributed by atoms with Gasteiger partial charge in [0, 0.05) is 18.4 Å². The molecule has 78 valence electrons. The first-order valence-corrected chi connectivity index (χ1v) is 5.78. The summed E-state index contributed by atoms with van der Waals surface area (Å²) in [6, 6.07) is 0. The van der Waals surface area contributed by atoms with Gasteiger partial charge in [-0.2, -0.15) is 0 Å². The zero-order valence-corrected chi connectivity index (χ0v) is 9.14. The number of hydrogen-bond acceptors (Lipinski definition) is 4. The van der Waals surface area contributed by atoms with E-state index in [-0.39, 0.29) is 6.10 Å². The van der Waals surface area contributed by atoms with Gasteiger partial charge >= 0.3 is 0 Å². The zero-order valence-electron chi connectivity index (χ0n) is 8.32. The molecule has 0 aliphatic heterocycles. The number of ether oxygens (including phenoxy) is 1. The predicted octanol–water partition coefficient (Wildman–Crippen LogP) is 1.70. The van der Waals surface area contributed by atoms with Gasteiger partial charge in [-0.15, -0.1) is 11.3 Å². The summed E-state index contributed by atoms with van der Waals surface area (Å²) in [5, 5.41) is 10.8. The molecule has 14 heavy (non-hydrogen) atoms. The number of aliphatic hydroxyl groups excluding tert-OH is 1. The van der Waals surface area contributed by atoms with Crippen LogP contribution in [0.1, 0.15) is 34.5 Å². The van der Waals surface area contributed by atoms with Crippen molar-refractivity contribution in [2.75, 3.05) is 13.7 Å². The quantitative estimate of drug-likeness (QED) is 0.831. The van der Waals surface area contributed by atoms with Crippen LogP contribution in [-0.2, 0) is 17.6 Å². The molecule has 1 N–H and O–H groups in total. The minimum atomic E-state index is -0.328. The molecule has 1 unspecified atom stereocenters. The van der Waals surface area contributed by atoms with Gasteiger partial charge in [0.05, 0.1) is 23.4 Å². The Morgan fingerprint density at radius 3 is 3.21 bits per heavy atom. The number of methoxy groups -OCH3 is 1. The first-order chi connectivity index (χ1) is 6.81. The molecule has 0 radical (unpaired) electrons. The summed E-state index contributed by atoms with van der Waals surface area (Å²) < 4.78 is 5.01. The van der Waals surface area contributed by atoms with Crippen molar-refractivity contribution in [2.24, 2.45) is 0 Å². The largest absolute Gasteiger partial charge is 0.387 e. The third kappa shape index (κ3) is 1.97. The van der Waals surface area contributed by atoms with Crippen LogP contribution in [0.25, 0.3) is 0 Å². The van der Waals surface area contributed by atoms with Gasteiger partial charge in [-0.05, 0) is 19.3 Å². The molecule has 0 spiro atoms. The summed E-state index contributed by atoms with van der Waals surface area (Å²) in [4.78, 5) is 5.73. The Labute approximate surface area is 87.7 Å². The fourth-order valence-electron chi connectivity index (χ4n) is 1.74. The van der Waals surface area contributed by atoms with Gasteiger partial charge in [0.25, 0.3) is 0 Å². The molecule has 2 rings (SSSR count). The molecule has 0 amide bonds. The van der Waals surface area contributed by atoms with Gasteiger partial charge in [0.15, 0.2) is 0 Å². The van der Waals surface area contributed by atoms with E-state index in [1.165, 1.54) is 4.88 Å². The normalized spacial score (nSPS) is 20.9. The molecular weight excluding hydrogens is 198 g/mol. The average Bonchev–Trinajstić information content (AvgIpc) is 2.59. The highest BCUT2D eigenvalue weighted by Gasteiger charge is 2.22. The Morgan fingerprint density at radius 1 is 1.64 bits per heavy atom. The molecule has 0 bridgehead atoms. The number of rotatable bonds is 3. The number of nitrogens with zero attached hydrogens (tertiary/aromatic N) is 1. The lowest BCUT2D eigenvalue weighted by Crippen LogP contribution is -2.07. The molecule has 0 aromatic carbocycles. The molecule has 1 atom stereocenters. The molecule has 0 saturated carbocycles. The van der Waals surface area contributed by atoms with Crippen molar-refractivity contribution in [2.45, 2.75) is 31.8 Å². The number of thiazole rings is 1. The third-order valence-corrected chi connectivity index (χ3v) is 3.68. The van der Waals surface area contributed by atoms with Crippen LogP contribution < -0.4 is 0 Å². The van der Waals surface area contributed by atoms with Crippen LogP contribution in [0.3, 0.4) is 0 Å². The maximum absolute atomic E-state index is 9.71. The van der Waals surface area contributed by atoms with E-state index in [0.717, 1.165) is 36.4 Å². The molecule has 1 heterocycles. The summed E-state index contributed by atoms with van der Waals surface area (Å²) in [6.07, 6.45) is 3.56. The number of fused-ring (bicyclic) bond motifs is 1. The van der Waals surface area contributed by atoms with Gasteiger partial charge in [0.2, 0.25) is 0 Å². The molecule has 1 aromatic rings. The number of aromatic nitrogens is 1. The third-order valence-electron chi connectivity index (χ3n) is 2.49. The second kappa shape index (κ2) is 4.38. The minimum absolute atomic E-state index is 0.328. The van der Waals surface area contributed by atoms with Crippen molar-refractivity contribution in [3.05, 3.63) is 15.6 Å². The lowest BCUT2D eigenvalue weighted by Gasteiger charge is -2.14. The molecule has 0 saturated heterocycles. The minimum Gasteiger partial charge on any atom is -0.387 e. The lowest BCUT2D eigenvalue weighted by atomic mass is 10.0. The smallest absolute Gasteiger partial charge is 0.0971 e. The Kier molecular flexibility index (Phi) is 3.15. The molecule has 1 aliphatic rings. The standard InChI is InChI=1S/C10H15NO2S/c1-13-6-5-9-11-10-7(12)3-2-4-8(10)14-9/h7,12H,2-6H2,1H3. The predicted molar refractivity (Wildman–Crippen MR) is 55.6 cm³/mol. The van der Waals surface area contributed by atoms with E-state index in [0.29, 0.717) is 6.61 Å². The van der Waals surface area contributed by atoms with E-state index in [4.69, 9.17) is 4.74 Å². The highest BCUT2D eigenvalue weighted by atomic mass is 32.1. The fourth-order valence-corrected chi connectivity index (χ4v) is 2.89. The number of aliphatic hydroxyl groups is 1. The van der Waals surface area contributed by atoms with E-state index >= 15 is 0 Å². The van der Waals surface area contributed by atoms with Crippen LogP contribution in [0.15, 0.2) is 0 Å². The van der Waals surface area contributed by atoms with Crippen LogP contribution in [0.4, 0.5) is 0 Å². The van der Waals surface area contributed by atoms with Gasteiger partial charge in [-0.3, -0.25) is 0 Å². The molecule has 1 aliphatic carbocycles. The van der Waals surface area contributed by atoms with E-state index in [9.17, 15) is 5.11 Å². The van der Waals surface area contributed by atoms with Gasteiger partial charge in [-0.25, -0.2) is 4.98 Å². The summed E-state index contributed by atoms with van der Waals surface area (Å²) in [5.74, 6) is 0. The summed E-state index contributed by atoms with van der Waals surface area (Å²) in [5.41, 5.74) is 0.923. The van der Waals surface area contributed by atoms with Crippen LogP contribution in [-0.4, -0.2) is 23.8 Å². The monoisotopic (exact) mass is 213 g/mol. The second-order valence-corrected chi connectivity index (χ2v) is 4.74. The van der Waals surface area contributed by atoms with Crippen molar-refractivity contribution >= 4 is 11.3 Å². The molecule has 3 nitrogen and oxygen atoms in total. The van der Waals surface area contributed by atoms with E-state index in [1.807, 2.05) is 0 Å². The molecule has 1 aromatic heterocycles. The van der Waals surface area contributed by atoms with Crippen LogP contribution in [0.2, 0.25) is 0 Å². The first-order valence-electron chi connectivity index (χ1n) is 4.96. The summed E-state index contributed by atoms with van der Waals surface area (Å²) in [6.45, 7) is 0.711. The van der Waals surface area contributed by atoms with E-state index in [2.05, 4.69) is 4.98 Å². The number of hydrogen-bond donors (Lipinski definition) is 1. The summed E-state index contributed by atoms with van der Waals surface area (Å²) in [7, 11) is 1.70. The zero-order chi connectivity index (χ0) is 9.97. The molecule has 4 heteroatoms. The maximum atomic E-state index is 9.71. The van der Waals surface area contributed by atoms with E-state index in [1.54, 1.807) is 18.4 Å². The van der Waals surface area contributed by atoms with Crippen molar-refractivity contribution in [3.8, 4) is 0 Å². The molecule has 0 fully saturated rings. The highest BCUT2D eigenvalue weighted by Crippen LogP contribution is 2.33. The van der Waals surface area contributed by atoms with Crippen molar-refractivity contribution in [1.29, 1.82) is 0 Å². The van der Waals surface area contributed by atoms with Crippen molar-refractivity contribution < 1.29 is 9.84 Å². The van der Waals surface area contributed by atoms with E-state index < -0.39 is 0 Å². The van der Waals surface area contributed by atoms with Gasteiger partial charge in [-0.1, -0.05) is 0 Å². The van der Waals surface area contributed by atoms with Crippen LogP contribution in [0.5, 0.6) is 0 Å². The Morgan fingerprint density at radius 2 is 2.50 bits per heavy atom. The Bertz CT molecular complexity index is 311. The summed E-state index contributed by atoms with van der Waals surface area (Å²) >= 11 is 1.73. The number of aryl methyl sites for hydroxylation is 1. The van der Waals surface area contributed by atoms with Crippen molar-refractivity contribution in [3.63, 3.8) is 0 Å². The van der Waals surface area contributed by atoms with Crippen LogP contribution >= 0.6 is 11.3 Å². The van der Waals surface area contributed by atoms with Crippen LogP contribution in [0, 0.1) is 0 Å². The highest BCUT2D eigenvalue weighted by molar-refractivity contribution is 7.11. The lowest BCUT2D eigenvalue weighted by molar-refractivity contribution is 0.152. The average molecular weight is 213 g/mol. The molecular formula is C10H15NO2S. The Balaban J connectivity index is 2.13.